The molecule has 0 bridgehead atoms. The molecule has 0 aromatic heterocycles. The second kappa shape index (κ2) is 8.35. The fourth-order valence-corrected chi connectivity index (χ4v) is 3.33. The monoisotopic (exact) mass is 377 g/mol. The van der Waals surface area contributed by atoms with Crippen LogP contribution in [0.5, 0.6) is 0 Å². The summed E-state index contributed by atoms with van der Waals surface area (Å²) in [7, 11) is 0. The van der Waals surface area contributed by atoms with Crippen molar-refractivity contribution in [1.82, 2.24) is 9.80 Å². The predicted molar refractivity (Wildman–Crippen MR) is 100 cm³/mol. The van der Waals surface area contributed by atoms with E-state index in [2.05, 4.69) is 0 Å². The van der Waals surface area contributed by atoms with Crippen LogP contribution in [-0.2, 0) is 6.54 Å². The van der Waals surface area contributed by atoms with Gasteiger partial charge in [0, 0.05) is 19.5 Å². The smallest absolute Gasteiger partial charge is 0.407 e. The zero-order chi connectivity index (χ0) is 20.1. The van der Waals surface area contributed by atoms with Crippen molar-refractivity contribution in [3.8, 4) is 6.07 Å². The van der Waals surface area contributed by atoms with E-state index in [0.717, 1.165) is 10.5 Å². The number of amides is 3. The molecule has 3 rings (SSSR count). The van der Waals surface area contributed by atoms with Crippen LogP contribution in [0.2, 0.25) is 0 Å². The van der Waals surface area contributed by atoms with Gasteiger partial charge in [-0.1, -0.05) is 42.5 Å². The third-order valence-corrected chi connectivity index (χ3v) is 4.74. The minimum absolute atomic E-state index is 0.0901. The Morgan fingerprint density at radius 2 is 1.61 bits per heavy atom. The summed E-state index contributed by atoms with van der Waals surface area (Å²) in [4.78, 5) is 39.5. The topological polar surface area (TPSA) is 102 Å². The summed E-state index contributed by atoms with van der Waals surface area (Å²) in [5.74, 6) is -0.875. The van der Waals surface area contributed by atoms with Crippen molar-refractivity contribution in [2.75, 3.05) is 6.54 Å². The Kier molecular flexibility index (Phi) is 5.70. The standard InChI is InChI=1S/C21H19N3O4/c22-12-6-9-16(23(21(27)28)13-15-7-2-1-3-8-15)14-24-19(25)17-10-4-5-11-18(17)20(24)26/h1-5,7-8,10-11,16H,6,9,13-14H2,(H,27,28). The highest BCUT2D eigenvalue weighted by Gasteiger charge is 2.38. The van der Waals surface area contributed by atoms with Crippen LogP contribution in [0.1, 0.15) is 39.1 Å². The van der Waals surface area contributed by atoms with Crippen molar-refractivity contribution >= 4 is 17.9 Å². The second-order valence-corrected chi connectivity index (χ2v) is 6.51. The number of hydrogen-bond acceptors (Lipinski definition) is 4. The third kappa shape index (κ3) is 3.86. The highest BCUT2D eigenvalue weighted by Crippen LogP contribution is 2.24. The van der Waals surface area contributed by atoms with Crippen molar-refractivity contribution < 1.29 is 19.5 Å². The molecule has 7 nitrogen and oxygen atoms in total. The summed E-state index contributed by atoms with van der Waals surface area (Å²) < 4.78 is 0. The average molecular weight is 377 g/mol. The van der Waals surface area contributed by atoms with E-state index in [9.17, 15) is 19.5 Å². The van der Waals surface area contributed by atoms with Gasteiger partial charge in [0.15, 0.2) is 0 Å². The number of nitriles is 1. The fourth-order valence-electron chi connectivity index (χ4n) is 3.33. The summed E-state index contributed by atoms with van der Waals surface area (Å²) in [6, 6.07) is 16.9. The molecule has 1 atom stereocenters. The quantitative estimate of drug-likeness (QED) is 0.747. The SMILES string of the molecule is N#CCCC(CN1C(=O)c2ccccc2C1=O)N(Cc1ccccc1)C(=O)O. The molecule has 28 heavy (non-hydrogen) atoms. The Balaban J connectivity index is 1.85. The molecule has 1 heterocycles. The first-order valence-corrected chi connectivity index (χ1v) is 8.88. The highest BCUT2D eigenvalue weighted by atomic mass is 16.4. The van der Waals surface area contributed by atoms with E-state index in [-0.39, 0.29) is 25.9 Å². The lowest BCUT2D eigenvalue weighted by molar-refractivity contribution is 0.0566. The molecular formula is C21H19N3O4. The molecule has 2 aromatic carbocycles. The zero-order valence-electron chi connectivity index (χ0n) is 15.1. The summed E-state index contributed by atoms with van der Waals surface area (Å²) in [6.07, 6.45) is -0.821. The molecule has 0 aliphatic carbocycles. The van der Waals surface area contributed by atoms with Gasteiger partial charge in [-0.05, 0) is 24.1 Å². The van der Waals surface area contributed by atoms with Crippen LogP contribution in [0.25, 0.3) is 0 Å². The number of nitrogens with zero attached hydrogens (tertiary/aromatic N) is 3. The van der Waals surface area contributed by atoms with Crippen molar-refractivity contribution in [3.63, 3.8) is 0 Å². The Labute approximate surface area is 162 Å². The minimum Gasteiger partial charge on any atom is -0.465 e. The van der Waals surface area contributed by atoms with E-state index in [4.69, 9.17) is 5.26 Å². The number of rotatable bonds is 7. The van der Waals surface area contributed by atoms with Gasteiger partial charge in [-0.15, -0.1) is 0 Å². The van der Waals surface area contributed by atoms with Crippen LogP contribution in [0, 0.1) is 11.3 Å². The highest BCUT2D eigenvalue weighted by molar-refractivity contribution is 6.21. The van der Waals surface area contributed by atoms with E-state index in [0.29, 0.717) is 11.1 Å². The van der Waals surface area contributed by atoms with Crippen LogP contribution in [-0.4, -0.2) is 45.4 Å². The van der Waals surface area contributed by atoms with Gasteiger partial charge in [-0.25, -0.2) is 4.79 Å². The maximum Gasteiger partial charge on any atom is 0.407 e. The van der Waals surface area contributed by atoms with E-state index < -0.39 is 23.9 Å². The van der Waals surface area contributed by atoms with Crippen molar-refractivity contribution in [2.24, 2.45) is 0 Å². The van der Waals surface area contributed by atoms with Gasteiger partial charge < -0.3 is 5.11 Å². The molecular weight excluding hydrogens is 358 g/mol. The fraction of sp³-hybridized carbons (Fsp3) is 0.238. The largest absolute Gasteiger partial charge is 0.465 e. The normalized spacial score (nSPS) is 13.8. The molecule has 0 saturated carbocycles. The molecule has 0 radical (unpaired) electrons. The van der Waals surface area contributed by atoms with Crippen molar-refractivity contribution in [3.05, 3.63) is 71.3 Å². The van der Waals surface area contributed by atoms with Crippen LogP contribution in [0.15, 0.2) is 54.6 Å². The maximum atomic E-state index is 12.6. The minimum atomic E-state index is -1.16. The molecule has 7 heteroatoms. The van der Waals surface area contributed by atoms with Gasteiger partial charge in [0.25, 0.3) is 11.8 Å². The summed E-state index contributed by atoms with van der Waals surface area (Å²) in [5, 5.41) is 18.7. The average Bonchev–Trinajstić information content (AvgIpc) is 2.95. The molecule has 3 amide bonds. The third-order valence-electron chi connectivity index (χ3n) is 4.74. The van der Waals surface area contributed by atoms with Crippen molar-refractivity contribution in [2.45, 2.75) is 25.4 Å². The van der Waals surface area contributed by atoms with Gasteiger partial charge >= 0.3 is 6.09 Å². The Hall–Kier alpha value is -3.66. The van der Waals surface area contributed by atoms with Gasteiger partial charge in [0.1, 0.15) is 0 Å². The van der Waals surface area contributed by atoms with Gasteiger partial charge in [-0.3, -0.25) is 19.4 Å². The van der Waals surface area contributed by atoms with E-state index >= 15 is 0 Å². The second-order valence-electron chi connectivity index (χ2n) is 6.51. The van der Waals surface area contributed by atoms with Gasteiger partial charge in [0.05, 0.1) is 23.2 Å². The molecule has 0 saturated heterocycles. The first-order valence-electron chi connectivity index (χ1n) is 8.88. The van der Waals surface area contributed by atoms with Crippen LogP contribution in [0.3, 0.4) is 0 Å². The zero-order valence-corrected chi connectivity index (χ0v) is 15.1. The lowest BCUT2D eigenvalue weighted by Gasteiger charge is -2.31. The summed E-state index contributed by atoms with van der Waals surface area (Å²) >= 11 is 0. The molecule has 0 fully saturated rings. The number of fused-ring (bicyclic) bond motifs is 1. The van der Waals surface area contributed by atoms with Crippen LogP contribution in [0.4, 0.5) is 4.79 Å². The Morgan fingerprint density at radius 3 is 2.14 bits per heavy atom. The van der Waals surface area contributed by atoms with Crippen LogP contribution >= 0.6 is 0 Å². The molecule has 142 valence electrons. The number of carbonyl (C=O) groups is 3. The van der Waals surface area contributed by atoms with Crippen molar-refractivity contribution in [1.29, 1.82) is 5.26 Å². The van der Waals surface area contributed by atoms with Gasteiger partial charge in [0.2, 0.25) is 0 Å². The lowest BCUT2D eigenvalue weighted by atomic mass is 10.1. The number of carboxylic acid groups (broad SMARTS) is 1. The number of hydrogen-bond donors (Lipinski definition) is 1. The number of imide groups is 1. The Morgan fingerprint density at radius 1 is 1.04 bits per heavy atom. The molecule has 1 unspecified atom stereocenters. The first-order chi connectivity index (χ1) is 13.5. The predicted octanol–water partition coefficient (Wildman–Crippen LogP) is 3.14. The van der Waals surface area contributed by atoms with E-state index in [1.807, 2.05) is 24.3 Å². The lowest BCUT2D eigenvalue weighted by Crippen LogP contribution is -2.47. The molecule has 1 aliphatic heterocycles. The van der Waals surface area contributed by atoms with E-state index in [1.54, 1.807) is 36.4 Å². The number of carbonyl (C=O) groups excluding carboxylic acids is 2. The molecule has 0 spiro atoms. The maximum absolute atomic E-state index is 12.6. The summed E-state index contributed by atoms with van der Waals surface area (Å²) in [5.41, 5.74) is 1.42. The van der Waals surface area contributed by atoms with Crippen LogP contribution < -0.4 is 0 Å². The Bertz CT molecular complexity index is 901. The summed E-state index contributed by atoms with van der Waals surface area (Å²) in [6.45, 7) is 0.0165. The van der Waals surface area contributed by atoms with E-state index in [1.165, 1.54) is 4.90 Å². The molecule has 1 N–H and O–H groups in total. The molecule has 1 aliphatic rings. The first kappa shape index (κ1) is 19.1. The molecule has 2 aromatic rings. The van der Waals surface area contributed by atoms with Gasteiger partial charge in [-0.2, -0.15) is 5.26 Å². The number of benzene rings is 2.